The van der Waals surface area contributed by atoms with Crippen molar-refractivity contribution in [1.82, 2.24) is 21.3 Å². The van der Waals surface area contributed by atoms with Gasteiger partial charge in [-0.1, -0.05) is 30.3 Å². The van der Waals surface area contributed by atoms with E-state index in [0.717, 1.165) is 5.56 Å². The van der Waals surface area contributed by atoms with Crippen LogP contribution in [0, 0.1) is 0 Å². The molecule has 1 rings (SSSR count). The molecule has 0 aliphatic carbocycles. The second kappa shape index (κ2) is 33.8. The molecule has 1 aromatic rings. The summed E-state index contributed by atoms with van der Waals surface area (Å²) in [6.45, 7) is 14.8. The summed E-state index contributed by atoms with van der Waals surface area (Å²) in [5.41, 5.74) is -0.0105. The first-order chi connectivity index (χ1) is 28.3. The Bertz CT molecular complexity index is 1290. The maximum Gasteiger partial charge on any atom is 0.408 e. The van der Waals surface area contributed by atoms with E-state index in [1.165, 1.54) is 13.8 Å². The molecular formula is C40H68N4O15. The van der Waals surface area contributed by atoms with Crippen molar-refractivity contribution in [3.8, 4) is 0 Å². The molecule has 0 fully saturated rings. The molecule has 0 saturated carbocycles. The number of nitrogens with one attached hydrogen (secondary N) is 4. The molecular weight excluding hydrogens is 776 g/mol. The molecule has 4 amide bonds. The topological polar surface area (TPSA) is 226 Å². The van der Waals surface area contributed by atoms with Crippen LogP contribution in [0.15, 0.2) is 30.3 Å². The average molecular weight is 845 g/mol. The molecule has 19 nitrogen and oxygen atoms in total. The van der Waals surface area contributed by atoms with Gasteiger partial charge in [0.05, 0.1) is 99.1 Å². The number of ether oxygens (including phenoxy) is 10. The summed E-state index contributed by atoms with van der Waals surface area (Å²) in [5, 5.41) is 10.2. The minimum atomic E-state index is -1.22. The van der Waals surface area contributed by atoms with Crippen LogP contribution in [0.5, 0.6) is 0 Å². The van der Waals surface area contributed by atoms with Gasteiger partial charge in [0.15, 0.2) is 0 Å². The molecule has 0 bridgehead atoms. The average Bonchev–Trinajstić information content (AvgIpc) is 3.19. The maximum absolute atomic E-state index is 13.2. The Morgan fingerprint density at radius 3 is 1.53 bits per heavy atom. The quantitative estimate of drug-likeness (QED) is 0.0558. The first-order valence-corrected chi connectivity index (χ1v) is 19.9. The third-order valence-corrected chi connectivity index (χ3v) is 7.58. The monoisotopic (exact) mass is 844 g/mol. The Morgan fingerprint density at radius 2 is 1.05 bits per heavy atom. The van der Waals surface area contributed by atoms with E-state index in [4.69, 9.17) is 47.4 Å². The second-order valence-electron chi connectivity index (χ2n) is 13.9. The lowest BCUT2D eigenvalue weighted by atomic mass is 10.1. The Balaban J connectivity index is 2.25. The Kier molecular flexibility index (Phi) is 30.4. The highest BCUT2D eigenvalue weighted by atomic mass is 16.6. The van der Waals surface area contributed by atoms with Crippen molar-refractivity contribution < 1.29 is 71.3 Å². The second-order valence-corrected chi connectivity index (χ2v) is 13.9. The van der Waals surface area contributed by atoms with Crippen LogP contribution >= 0.6 is 0 Å². The number of carbonyl (C=O) groups excluding carboxylic acids is 5. The van der Waals surface area contributed by atoms with Gasteiger partial charge in [-0.15, -0.1) is 0 Å². The number of carbonyl (C=O) groups is 5. The molecule has 0 aliphatic rings. The summed E-state index contributed by atoms with van der Waals surface area (Å²) < 4.78 is 53.5. The van der Waals surface area contributed by atoms with E-state index in [1.807, 2.05) is 6.07 Å². The first-order valence-electron chi connectivity index (χ1n) is 19.9. The van der Waals surface area contributed by atoms with Gasteiger partial charge >= 0.3 is 12.1 Å². The van der Waals surface area contributed by atoms with E-state index in [-0.39, 0.29) is 38.5 Å². The van der Waals surface area contributed by atoms with E-state index in [1.54, 1.807) is 52.1 Å². The third kappa shape index (κ3) is 30.7. The van der Waals surface area contributed by atoms with Crippen LogP contribution in [0.1, 0.15) is 53.0 Å². The lowest BCUT2D eigenvalue weighted by Crippen LogP contribution is -2.54. The number of methoxy groups -OCH3 is 1. The Morgan fingerprint density at radius 1 is 0.593 bits per heavy atom. The number of amides is 4. The predicted molar refractivity (Wildman–Crippen MR) is 214 cm³/mol. The van der Waals surface area contributed by atoms with Crippen molar-refractivity contribution in [2.75, 3.05) is 113 Å². The van der Waals surface area contributed by atoms with E-state index >= 15 is 0 Å². The van der Waals surface area contributed by atoms with Gasteiger partial charge in [-0.25, -0.2) is 9.59 Å². The zero-order valence-corrected chi connectivity index (χ0v) is 35.7. The molecule has 0 heterocycles. The number of rotatable bonds is 35. The molecule has 0 spiro atoms. The number of hydrogen-bond donors (Lipinski definition) is 4. The van der Waals surface area contributed by atoms with Crippen molar-refractivity contribution >= 4 is 29.8 Å². The van der Waals surface area contributed by atoms with Gasteiger partial charge in [-0.05, 0) is 46.6 Å². The minimum absolute atomic E-state index is 0.0414. The van der Waals surface area contributed by atoms with E-state index in [2.05, 4.69) is 21.3 Å². The van der Waals surface area contributed by atoms with Gasteiger partial charge in [0.1, 0.15) is 30.3 Å². The molecule has 3 atom stereocenters. The highest BCUT2D eigenvalue weighted by molar-refractivity contribution is 5.93. The number of hydrogen-bond acceptors (Lipinski definition) is 15. The molecule has 0 unspecified atom stereocenters. The molecule has 0 aromatic heterocycles. The lowest BCUT2D eigenvalue weighted by Gasteiger charge is -2.24. The van der Waals surface area contributed by atoms with Crippen LogP contribution in [0.4, 0.5) is 4.79 Å². The maximum atomic E-state index is 13.2. The van der Waals surface area contributed by atoms with Gasteiger partial charge in [-0.3, -0.25) is 14.4 Å². The van der Waals surface area contributed by atoms with Crippen LogP contribution in [0.25, 0.3) is 0 Å². The Labute approximate surface area is 348 Å². The fraction of sp³-hybridized carbons (Fsp3) is 0.725. The lowest BCUT2D eigenvalue weighted by molar-refractivity contribution is -0.158. The van der Waals surface area contributed by atoms with Gasteiger partial charge in [-0.2, -0.15) is 0 Å². The summed E-state index contributed by atoms with van der Waals surface area (Å²) in [7, 11) is 1.63. The molecule has 19 heteroatoms. The highest BCUT2D eigenvalue weighted by Gasteiger charge is 2.28. The molecule has 0 radical (unpaired) electrons. The van der Waals surface area contributed by atoms with Crippen LogP contribution in [-0.2, 0) is 73.2 Å². The molecule has 4 N–H and O–H groups in total. The van der Waals surface area contributed by atoms with Crippen LogP contribution in [0.3, 0.4) is 0 Å². The van der Waals surface area contributed by atoms with Gasteiger partial charge in [0.2, 0.25) is 17.7 Å². The summed E-state index contributed by atoms with van der Waals surface area (Å²) >= 11 is 0. The van der Waals surface area contributed by atoms with Crippen molar-refractivity contribution in [2.24, 2.45) is 0 Å². The standard InChI is InChI=1S/C40H68N4O15/c1-31(36(46)43-32(2)38(48)59-40(3,4)5)42-37(47)34(44-39(49)58-30-33-10-8-7-9-11-33)12-13-35(45)41-14-15-51-18-19-53-22-23-55-26-27-57-29-28-56-25-24-54-21-20-52-17-16-50-6/h7-11,31-32,34H,12-30H2,1-6H3,(H,41,45)(H,42,47)(H,43,46)(H,44,49)/t31-,32-,34-/m0/s1. The van der Waals surface area contributed by atoms with Crippen LogP contribution in [0.2, 0.25) is 0 Å². The first kappa shape index (κ1) is 53.1. The number of esters is 1. The molecule has 0 aliphatic heterocycles. The van der Waals surface area contributed by atoms with Crippen LogP contribution < -0.4 is 21.3 Å². The summed E-state index contributed by atoms with van der Waals surface area (Å²) in [6, 6.07) is 5.68. The number of benzene rings is 1. The Hall–Kier alpha value is -3.95. The molecule has 59 heavy (non-hydrogen) atoms. The van der Waals surface area contributed by atoms with E-state index in [0.29, 0.717) is 92.5 Å². The van der Waals surface area contributed by atoms with Crippen LogP contribution in [-0.4, -0.2) is 166 Å². The molecule has 0 saturated heterocycles. The smallest absolute Gasteiger partial charge is 0.408 e. The fourth-order valence-electron chi connectivity index (χ4n) is 4.53. The largest absolute Gasteiger partial charge is 0.458 e. The SMILES string of the molecule is COCCOCCOCCOCCOCCOCCOCCOCCNC(=O)CC[C@H](NC(=O)OCc1ccccc1)C(=O)N[C@@H](C)C(=O)N[C@@H](C)C(=O)OC(C)(C)C. The van der Waals surface area contributed by atoms with E-state index < -0.39 is 47.6 Å². The minimum Gasteiger partial charge on any atom is -0.458 e. The summed E-state index contributed by atoms with van der Waals surface area (Å²) in [5.74, 6) is -2.38. The number of alkyl carbamates (subject to hydrolysis) is 1. The normalized spacial score (nSPS) is 12.8. The van der Waals surface area contributed by atoms with Crippen molar-refractivity contribution in [3.05, 3.63) is 35.9 Å². The summed E-state index contributed by atoms with van der Waals surface area (Å²) in [6.07, 6.45) is -1.10. The van der Waals surface area contributed by atoms with Gasteiger partial charge in [0.25, 0.3) is 0 Å². The third-order valence-electron chi connectivity index (χ3n) is 7.58. The molecule has 338 valence electrons. The van der Waals surface area contributed by atoms with Crippen molar-refractivity contribution in [1.29, 1.82) is 0 Å². The summed E-state index contributed by atoms with van der Waals surface area (Å²) in [4.78, 5) is 63.5. The highest BCUT2D eigenvalue weighted by Crippen LogP contribution is 2.09. The zero-order valence-electron chi connectivity index (χ0n) is 35.7. The van der Waals surface area contributed by atoms with Crippen molar-refractivity contribution in [3.63, 3.8) is 0 Å². The van der Waals surface area contributed by atoms with Gasteiger partial charge in [0, 0.05) is 20.1 Å². The van der Waals surface area contributed by atoms with Gasteiger partial charge < -0.3 is 68.6 Å². The zero-order chi connectivity index (χ0) is 43.6. The molecule has 1 aromatic carbocycles. The predicted octanol–water partition coefficient (Wildman–Crippen LogP) is 1.29. The van der Waals surface area contributed by atoms with E-state index in [9.17, 15) is 24.0 Å². The fourth-order valence-corrected chi connectivity index (χ4v) is 4.53. The van der Waals surface area contributed by atoms with Crippen molar-refractivity contribution in [2.45, 2.75) is 77.8 Å².